The lowest BCUT2D eigenvalue weighted by Gasteiger charge is -2.40. The molecule has 2 aromatic rings. The summed E-state index contributed by atoms with van der Waals surface area (Å²) in [6.07, 6.45) is 6.69. The van der Waals surface area contributed by atoms with E-state index in [-0.39, 0.29) is 35.9 Å². The van der Waals surface area contributed by atoms with Gasteiger partial charge in [-0.3, -0.25) is 9.59 Å². The van der Waals surface area contributed by atoms with E-state index >= 15 is 0 Å². The summed E-state index contributed by atoms with van der Waals surface area (Å²) < 4.78 is 29.7. The first kappa shape index (κ1) is 28.0. The Labute approximate surface area is 243 Å². The molecular formula is C31H36F2N4O3S. The highest BCUT2D eigenvalue weighted by atomic mass is 32.2. The van der Waals surface area contributed by atoms with Crippen LogP contribution in [0.4, 0.5) is 19.3 Å². The number of para-hydroxylation sites is 1. The van der Waals surface area contributed by atoms with Gasteiger partial charge in [-0.05, 0) is 55.4 Å². The molecule has 2 saturated heterocycles. The molecule has 41 heavy (non-hydrogen) atoms. The molecule has 1 aliphatic carbocycles. The van der Waals surface area contributed by atoms with Gasteiger partial charge in [0.1, 0.15) is 17.0 Å². The molecule has 3 fully saturated rings. The van der Waals surface area contributed by atoms with Gasteiger partial charge < -0.3 is 20.0 Å². The molecule has 1 saturated carbocycles. The molecule has 0 radical (unpaired) electrons. The van der Waals surface area contributed by atoms with Gasteiger partial charge in [-0.2, -0.15) is 0 Å². The third kappa shape index (κ3) is 5.80. The van der Waals surface area contributed by atoms with E-state index in [0.29, 0.717) is 44.9 Å². The lowest BCUT2D eigenvalue weighted by atomic mass is 9.88. The molecule has 10 heteroatoms. The molecule has 218 valence electrons. The van der Waals surface area contributed by atoms with Crippen LogP contribution in [0.15, 0.2) is 42.5 Å². The van der Waals surface area contributed by atoms with Crippen LogP contribution in [0.1, 0.15) is 67.9 Å². The average Bonchev–Trinajstić information content (AvgIpc) is 3.27. The number of benzene rings is 2. The summed E-state index contributed by atoms with van der Waals surface area (Å²) in [5.41, 5.74) is 1.81. The molecule has 3 heterocycles. The molecule has 1 N–H and O–H groups in total. The number of halogens is 2. The van der Waals surface area contributed by atoms with Gasteiger partial charge in [0, 0.05) is 44.3 Å². The number of carbonyl (C=O) groups is 3. The van der Waals surface area contributed by atoms with Crippen LogP contribution in [0.25, 0.3) is 0 Å². The minimum atomic E-state index is -0.783. The SMILES string of the molecule is O=C(CC1SC(c2c(F)cccc2F)N(CC2CCCCC2)C1=O)N1CCC(N2Cc3ccccc3NC2=O)CC1. The first-order chi connectivity index (χ1) is 19.9. The minimum Gasteiger partial charge on any atom is -0.342 e. The van der Waals surface area contributed by atoms with Crippen molar-refractivity contribution in [3.8, 4) is 0 Å². The standard InChI is InChI=1S/C31H36F2N4O3S/c32-23-10-6-11-24(33)28(23)30-37(18-20-7-2-1-3-8-20)29(39)26(41-30)17-27(38)35-15-13-22(14-16-35)36-19-21-9-4-5-12-25(21)34-31(36)40/h4-6,9-12,20,22,26,30H,1-3,7-8,13-19H2,(H,34,40). The second kappa shape index (κ2) is 12.0. The smallest absolute Gasteiger partial charge is 0.322 e. The fourth-order valence-electron chi connectivity index (χ4n) is 6.76. The normalized spacial score (nSPS) is 24.0. The molecule has 6 rings (SSSR count). The second-order valence-corrected chi connectivity index (χ2v) is 12.9. The zero-order valence-corrected chi connectivity index (χ0v) is 23.9. The quantitative estimate of drug-likeness (QED) is 0.459. The molecule has 0 spiro atoms. The Hall–Kier alpha value is -3.14. The first-order valence-corrected chi connectivity index (χ1v) is 15.7. The van der Waals surface area contributed by atoms with Crippen molar-refractivity contribution < 1.29 is 23.2 Å². The molecule has 2 unspecified atom stereocenters. The van der Waals surface area contributed by atoms with Crippen molar-refractivity contribution in [2.45, 2.75) is 74.6 Å². The molecule has 4 amide bonds. The van der Waals surface area contributed by atoms with E-state index in [0.717, 1.165) is 36.9 Å². The molecule has 4 aliphatic rings. The lowest BCUT2D eigenvalue weighted by Crippen LogP contribution is -2.51. The maximum Gasteiger partial charge on any atom is 0.322 e. The number of piperidine rings is 1. The Balaban J connectivity index is 1.10. The Morgan fingerprint density at radius 2 is 1.63 bits per heavy atom. The first-order valence-electron chi connectivity index (χ1n) is 14.7. The zero-order valence-electron chi connectivity index (χ0n) is 23.1. The third-order valence-electron chi connectivity index (χ3n) is 9.04. The van der Waals surface area contributed by atoms with Crippen LogP contribution >= 0.6 is 11.8 Å². The van der Waals surface area contributed by atoms with E-state index in [1.807, 2.05) is 29.2 Å². The highest BCUT2D eigenvalue weighted by Crippen LogP contribution is 2.47. The number of hydrogen-bond acceptors (Lipinski definition) is 4. The van der Waals surface area contributed by atoms with Gasteiger partial charge in [0.05, 0.1) is 10.8 Å². The largest absolute Gasteiger partial charge is 0.342 e. The summed E-state index contributed by atoms with van der Waals surface area (Å²) in [5.74, 6) is -1.36. The van der Waals surface area contributed by atoms with Gasteiger partial charge in [0.2, 0.25) is 11.8 Å². The van der Waals surface area contributed by atoms with Gasteiger partial charge in [-0.25, -0.2) is 13.6 Å². The van der Waals surface area contributed by atoms with Crippen LogP contribution in [0, 0.1) is 17.6 Å². The van der Waals surface area contributed by atoms with Gasteiger partial charge >= 0.3 is 6.03 Å². The van der Waals surface area contributed by atoms with Crippen LogP contribution in [-0.2, 0) is 16.1 Å². The molecule has 0 bridgehead atoms. The average molecular weight is 583 g/mol. The summed E-state index contributed by atoms with van der Waals surface area (Å²) in [7, 11) is 0. The molecule has 3 aliphatic heterocycles. The predicted molar refractivity (Wildman–Crippen MR) is 154 cm³/mol. The highest BCUT2D eigenvalue weighted by molar-refractivity contribution is 8.01. The lowest BCUT2D eigenvalue weighted by molar-refractivity contribution is -0.137. The molecule has 2 aromatic carbocycles. The Bertz CT molecular complexity index is 1290. The summed E-state index contributed by atoms with van der Waals surface area (Å²) in [6.45, 7) is 2.00. The topological polar surface area (TPSA) is 73.0 Å². The highest BCUT2D eigenvalue weighted by Gasteiger charge is 2.45. The van der Waals surface area contributed by atoms with Crippen molar-refractivity contribution in [2.24, 2.45) is 5.92 Å². The maximum absolute atomic E-state index is 14.9. The van der Waals surface area contributed by atoms with Crippen molar-refractivity contribution in [1.82, 2.24) is 14.7 Å². The number of hydrogen-bond donors (Lipinski definition) is 1. The number of amides is 4. The number of nitrogens with one attached hydrogen (secondary N) is 1. The zero-order chi connectivity index (χ0) is 28.5. The molecule has 2 atom stereocenters. The van der Waals surface area contributed by atoms with Crippen molar-refractivity contribution in [3.63, 3.8) is 0 Å². The van der Waals surface area contributed by atoms with Crippen LogP contribution in [0.2, 0.25) is 0 Å². The predicted octanol–water partition coefficient (Wildman–Crippen LogP) is 5.92. The summed E-state index contributed by atoms with van der Waals surface area (Å²) >= 11 is 1.19. The van der Waals surface area contributed by atoms with Crippen LogP contribution in [-0.4, -0.2) is 63.5 Å². The number of nitrogens with zero attached hydrogens (tertiary/aromatic N) is 3. The van der Waals surface area contributed by atoms with Gasteiger partial charge in [-0.15, -0.1) is 11.8 Å². The monoisotopic (exact) mass is 582 g/mol. The number of fused-ring (bicyclic) bond motifs is 1. The van der Waals surface area contributed by atoms with Crippen LogP contribution in [0.3, 0.4) is 0 Å². The van der Waals surface area contributed by atoms with E-state index in [4.69, 9.17) is 0 Å². The number of urea groups is 1. The van der Waals surface area contributed by atoms with Crippen molar-refractivity contribution in [2.75, 3.05) is 25.0 Å². The van der Waals surface area contributed by atoms with Gasteiger partial charge in [-0.1, -0.05) is 43.5 Å². The maximum atomic E-state index is 14.9. The second-order valence-electron chi connectivity index (χ2n) is 11.6. The van der Waals surface area contributed by atoms with E-state index < -0.39 is 22.3 Å². The number of carbonyl (C=O) groups excluding carboxylic acids is 3. The van der Waals surface area contributed by atoms with Gasteiger partial charge in [0.25, 0.3) is 0 Å². The summed E-state index contributed by atoms with van der Waals surface area (Å²) in [5, 5.41) is 1.50. The molecular weight excluding hydrogens is 546 g/mol. The van der Waals surface area contributed by atoms with E-state index in [1.54, 1.807) is 9.80 Å². The van der Waals surface area contributed by atoms with E-state index in [2.05, 4.69) is 5.32 Å². The van der Waals surface area contributed by atoms with Gasteiger partial charge in [0.15, 0.2) is 0 Å². The Morgan fingerprint density at radius 1 is 0.927 bits per heavy atom. The number of thioether (sulfide) groups is 1. The fourth-order valence-corrected chi connectivity index (χ4v) is 8.26. The Morgan fingerprint density at radius 3 is 2.37 bits per heavy atom. The summed E-state index contributed by atoms with van der Waals surface area (Å²) in [6, 6.07) is 11.5. The minimum absolute atomic E-state index is 0.000515. The van der Waals surface area contributed by atoms with Crippen molar-refractivity contribution >= 4 is 35.3 Å². The number of likely N-dealkylation sites (tertiary alicyclic amines) is 1. The third-order valence-corrected chi connectivity index (χ3v) is 10.5. The van der Waals surface area contributed by atoms with Crippen molar-refractivity contribution in [3.05, 3.63) is 65.2 Å². The fraction of sp³-hybridized carbons (Fsp3) is 0.516. The van der Waals surface area contributed by atoms with Crippen LogP contribution in [0.5, 0.6) is 0 Å². The Kier molecular flexibility index (Phi) is 8.19. The number of rotatable bonds is 6. The summed E-state index contributed by atoms with van der Waals surface area (Å²) in [4.78, 5) is 45.0. The van der Waals surface area contributed by atoms with E-state index in [9.17, 15) is 23.2 Å². The number of anilines is 1. The van der Waals surface area contributed by atoms with Crippen molar-refractivity contribution in [1.29, 1.82) is 0 Å². The van der Waals surface area contributed by atoms with Crippen LogP contribution < -0.4 is 5.32 Å². The molecule has 7 nitrogen and oxygen atoms in total. The van der Waals surface area contributed by atoms with E-state index in [1.165, 1.54) is 36.4 Å². The molecule has 0 aromatic heterocycles.